The van der Waals surface area contributed by atoms with Crippen molar-refractivity contribution >= 4 is 19.3 Å². The molecule has 1 aromatic rings. The van der Waals surface area contributed by atoms with Crippen LogP contribution >= 0.6 is 0 Å². The fourth-order valence-corrected chi connectivity index (χ4v) is 2.68. The van der Waals surface area contributed by atoms with Gasteiger partial charge in [0.1, 0.15) is 11.4 Å². The summed E-state index contributed by atoms with van der Waals surface area (Å²) in [6.45, 7) is 15.3. The molecule has 2 rings (SSSR count). The van der Waals surface area contributed by atoms with Crippen molar-refractivity contribution in [2.75, 3.05) is 6.54 Å². The summed E-state index contributed by atoms with van der Waals surface area (Å²) in [5, 5.41) is 13.1. The number of carbonyl (C=O) groups excluding carboxylic acids is 1. The van der Waals surface area contributed by atoms with Gasteiger partial charge in [0.05, 0.1) is 11.2 Å². The van der Waals surface area contributed by atoms with Crippen LogP contribution in [0.4, 0.5) is 4.79 Å². The first-order valence-electron chi connectivity index (χ1n) is 9.53. The predicted octanol–water partition coefficient (Wildman–Crippen LogP) is 4.24. The Hall–Kier alpha value is -1.99. The molecule has 0 spiro atoms. The maximum absolute atomic E-state index is 12.1. The van der Waals surface area contributed by atoms with Crippen LogP contribution in [0.2, 0.25) is 0 Å². The summed E-state index contributed by atoms with van der Waals surface area (Å²) in [5.74, 6) is 0.189. The van der Waals surface area contributed by atoms with E-state index in [1.54, 1.807) is 12.1 Å². The third-order valence-corrected chi connectivity index (χ3v) is 5.00. The number of phenolic OH excluding ortho intramolecular Hbond substituents is 1. The number of carbonyl (C=O) groups is 1. The second-order valence-electron chi connectivity index (χ2n) is 9.18. The summed E-state index contributed by atoms with van der Waals surface area (Å²) in [5.41, 5.74) is 0.463. The van der Waals surface area contributed by atoms with E-state index in [-0.39, 0.29) is 12.3 Å². The first kappa shape index (κ1) is 22.3. The van der Waals surface area contributed by atoms with E-state index in [2.05, 4.69) is 5.32 Å². The number of ether oxygens (including phenoxy) is 1. The number of hydrogen-bond acceptors (Lipinski definition) is 5. The van der Waals surface area contributed by atoms with E-state index < -0.39 is 30.0 Å². The van der Waals surface area contributed by atoms with Crippen molar-refractivity contribution in [3.63, 3.8) is 0 Å². The Labute approximate surface area is 168 Å². The lowest BCUT2D eigenvalue weighted by Crippen LogP contribution is -2.41. The summed E-state index contributed by atoms with van der Waals surface area (Å²) < 4.78 is 17.6. The van der Waals surface area contributed by atoms with Crippen molar-refractivity contribution in [1.82, 2.24) is 5.32 Å². The van der Waals surface area contributed by atoms with E-state index in [9.17, 15) is 9.90 Å². The smallest absolute Gasteiger partial charge is 0.492 e. The van der Waals surface area contributed by atoms with E-state index in [4.69, 9.17) is 14.0 Å². The summed E-state index contributed by atoms with van der Waals surface area (Å²) in [4.78, 5) is 12.1. The van der Waals surface area contributed by atoms with E-state index in [1.807, 2.05) is 67.5 Å². The van der Waals surface area contributed by atoms with Crippen LogP contribution in [0.5, 0.6) is 5.75 Å². The van der Waals surface area contributed by atoms with Gasteiger partial charge in [0, 0.05) is 12.1 Å². The highest BCUT2D eigenvalue weighted by Gasteiger charge is 2.52. The molecule has 7 heteroatoms. The van der Waals surface area contributed by atoms with Gasteiger partial charge in [0.15, 0.2) is 0 Å². The fraction of sp³-hybridized carbons (Fsp3) is 0.571. The Morgan fingerprint density at radius 2 is 1.79 bits per heavy atom. The topological polar surface area (TPSA) is 77.0 Å². The number of aromatic hydroxyl groups is 1. The monoisotopic (exact) mass is 389 g/mol. The summed E-state index contributed by atoms with van der Waals surface area (Å²) in [7, 11) is -0.653. The minimum atomic E-state index is -0.653. The second kappa shape index (κ2) is 7.80. The van der Waals surface area contributed by atoms with E-state index in [0.717, 1.165) is 5.56 Å². The minimum Gasteiger partial charge on any atom is -0.507 e. The highest BCUT2D eigenvalue weighted by Crippen LogP contribution is 2.39. The Bertz CT molecular complexity index is 749. The maximum Gasteiger partial charge on any atom is 0.492 e. The van der Waals surface area contributed by atoms with Crippen molar-refractivity contribution in [3.05, 3.63) is 34.8 Å². The standard InChI is InChI=1S/C21H32BNO5/c1-14-10-9-11-15(17(14)24)12-16(13-23-18(25)26-19(2,3)4)22-27-20(5,6)21(7,8)28-22/h9-12,24H,13H2,1-8H3,(H,23,25). The molecule has 0 radical (unpaired) electrons. The van der Waals surface area contributed by atoms with Crippen LogP contribution in [0, 0.1) is 6.92 Å². The van der Waals surface area contributed by atoms with Crippen LogP contribution in [0.25, 0.3) is 6.08 Å². The Morgan fingerprint density at radius 3 is 2.32 bits per heavy atom. The number of para-hydroxylation sites is 1. The van der Waals surface area contributed by atoms with Gasteiger partial charge in [-0.05, 0) is 66.4 Å². The maximum atomic E-state index is 12.1. The highest BCUT2D eigenvalue weighted by molar-refractivity contribution is 6.56. The van der Waals surface area contributed by atoms with Crippen LogP contribution in [0.1, 0.15) is 59.6 Å². The number of nitrogens with one attached hydrogen (secondary N) is 1. The number of benzene rings is 1. The lowest BCUT2D eigenvalue weighted by Gasteiger charge is -2.32. The molecule has 0 aliphatic carbocycles. The van der Waals surface area contributed by atoms with Crippen molar-refractivity contribution in [2.24, 2.45) is 0 Å². The zero-order chi connectivity index (χ0) is 21.3. The normalized spacial score (nSPS) is 18.9. The molecule has 0 bridgehead atoms. The van der Waals surface area contributed by atoms with Gasteiger partial charge >= 0.3 is 13.2 Å². The number of phenols is 1. The summed E-state index contributed by atoms with van der Waals surface area (Å²) in [6, 6.07) is 5.51. The largest absolute Gasteiger partial charge is 0.507 e. The van der Waals surface area contributed by atoms with Crippen LogP contribution < -0.4 is 5.32 Å². The molecule has 0 saturated carbocycles. The second-order valence-corrected chi connectivity index (χ2v) is 9.18. The minimum absolute atomic E-state index is 0.166. The molecule has 1 saturated heterocycles. The zero-order valence-corrected chi connectivity index (χ0v) is 18.2. The van der Waals surface area contributed by atoms with Gasteiger partial charge in [0.25, 0.3) is 0 Å². The van der Waals surface area contributed by atoms with Crippen LogP contribution in [-0.4, -0.2) is 41.7 Å². The third-order valence-electron chi connectivity index (χ3n) is 5.00. The molecule has 0 aromatic heterocycles. The van der Waals surface area contributed by atoms with Crippen molar-refractivity contribution in [1.29, 1.82) is 0 Å². The first-order valence-corrected chi connectivity index (χ1v) is 9.53. The molecule has 0 atom stereocenters. The van der Waals surface area contributed by atoms with Gasteiger partial charge in [-0.1, -0.05) is 24.3 Å². The van der Waals surface area contributed by atoms with Crippen LogP contribution in [0.15, 0.2) is 23.7 Å². The van der Waals surface area contributed by atoms with E-state index >= 15 is 0 Å². The number of hydrogen-bond donors (Lipinski definition) is 2. The number of rotatable bonds is 4. The lowest BCUT2D eigenvalue weighted by atomic mass is 9.77. The van der Waals surface area contributed by atoms with Crippen LogP contribution in [0.3, 0.4) is 0 Å². The van der Waals surface area contributed by atoms with Crippen LogP contribution in [-0.2, 0) is 14.0 Å². The Morgan fingerprint density at radius 1 is 1.21 bits per heavy atom. The molecule has 6 nitrogen and oxygen atoms in total. The van der Waals surface area contributed by atoms with E-state index in [0.29, 0.717) is 11.0 Å². The predicted molar refractivity (Wildman–Crippen MR) is 111 cm³/mol. The molecule has 1 amide bonds. The summed E-state index contributed by atoms with van der Waals surface area (Å²) in [6.07, 6.45) is 1.27. The SMILES string of the molecule is Cc1cccc(C=C(CNC(=O)OC(C)(C)C)B2OC(C)(C)C(C)(C)O2)c1O. The van der Waals surface area contributed by atoms with Gasteiger partial charge in [-0.25, -0.2) is 4.79 Å². The molecule has 1 fully saturated rings. The number of alkyl carbamates (subject to hydrolysis) is 1. The molecule has 1 aliphatic heterocycles. The number of aryl methyl sites for hydroxylation is 1. The first-order chi connectivity index (χ1) is 12.7. The fourth-order valence-electron chi connectivity index (χ4n) is 2.68. The molecule has 0 unspecified atom stereocenters. The zero-order valence-electron chi connectivity index (χ0n) is 18.2. The number of amides is 1. The van der Waals surface area contributed by atoms with Gasteiger partial charge in [-0.2, -0.15) is 0 Å². The molecule has 2 N–H and O–H groups in total. The molecule has 1 aliphatic rings. The van der Waals surface area contributed by atoms with Gasteiger partial charge in [-0.15, -0.1) is 0 Å². The third kappa shape index (κ3) is 5.29. The molecule has 1 heterocycles. The lowest BCUT2D eigenvalue weighted by molar-refractivity contribution is 0.00578. The van der Waals surface area contributed by atoms with Gasteiger partial charge < -0.3 is 24.5 Å². The molecule has 28 heavy (non-hydrogen) atoms. The molecule has 154 valence electrons. The van der Waals surface area contributed by atoms with E-state index in [1.165, 1.54) is 0 Å². The van der Waals surface area contributed by atoms with Crippen molar-refractivity contribution in [2.45, 2.75) is 72.2 Å². The molecule has 1 aromatic carbocycles. The Kier molecular flexibility index (Phi) is 6.21. The average Bonchev–Trinajstić information content (AvgIpc) is 2.74. The van der Waals surface area contributed by atoms with Gasteiger partial charge in [-0.3, -0.25) is 0 Å². The average molecular weight is 389 g/mol. The Balaban J connectivity index is 2.30. The molecular weight excluding hydrogens is 357 g/mol. The van der Waals surface area contributed by atoms with Crippen molar-refractivity contribution in [3.8, 4) is 5.75 Å². The highest BCUT2D eigenvalue weighted by atomic mass is 16.7. The quantitative estimate of drug-likeness (QED) is 0.754. The summed E-state index contributed by atoms with van der Waals surface area (Å²) >= 11 is 0. The molecular formula is C21H32BNO5. The van der Waals surface area contributed by atoms with Gasteiger partial charge in [0.2, 0.25) is 0 Å². The van der Waals surface area contributed by atoms with Crippen molar-refractivity contribution < 1.29 is 23.9 Å².